The predicted octanol–water partition coefficient (Wildman–Crippen LogP) is 6.05. The Morgan fingerprint density at radius 3 is 2.29 bits per heavy atom. The average Bonchev–Trinajstić information content (AvgIpc) is 3.53. The summed E-state index contributed by atoms with van der Waals surface area (Å²) in [5.74, 6) is 1.67. The maximum absolute atomic E-state index is 12.4. The number of hydrogen-bond donors (Lipinski definition) is 1. The molecular formula is C29H36N2O4. The number of rotatable bonds is 10. The highest BCUT2D eigenvalue weighted by molar-refractivity contribution is 5.79. The Kier molecular flexibility index (Phi) is 7.31. The third kappa shape index (κ3) is 7.18. The van der Waals surface area contributed by atoms with Crippen molar-refractivity contribution in [1.29, 1.82) is 0 Å². The lowest BCUT2D eigenvalue weighted by molar-refractivity contribution is -0.170. The Hall–Kier alpha value is -3.12. The number of oxazole rings is 1. The molecule has 0 atom stereocenters. The minimum Gasteiger partial charge on any atom is -0.476 e. The second-order valence-electron chi connectivity index (χ2n) is 10.7. The molecule has 1 heterocycles. The van der Waals surface area contributed by atoms with Crippen molar-refractivity contribution in [3.63, 3.8) is 0 Å². The van der Waals surface area contributed by atoms with E-state index in [4.69, 9.17) is 13.9 Å². The van der Waals surface area contributed by atoms with Crippen LogP contribution >= 0.6 is 0 Å². The molecule has 0 bridgehead atoms. The second kappa shape index (κ2) is 10.2. The quantitative estimate of drug-likeness (QED) is 0.284. The van der Waals surface area contributed by atoms with Crippen LogP contribution in [0.15, 0.2) is 59.2 Å². The number of nitrogens with one attached hydrogen (secondary N) is 1. The SMILES string of the molecule is CC(C)(C)OC(=O)C(C)(C)Oc1ccc(CCNCc2ccc(-c3coc(C4CC4)n3)cc2)cc1. The van der Waals surface area contributed by atoms with Crippen LogP contribution in [0.4, 0.5) is 0 Å². The van der Waals surface area contributed by atoms with Crippen LogP contribution in [0.1, 0.15) is 70.4 Å². The van der Waals surface area contributed by atoms with E-state index in [9.17, 15) is 4.79 Å². The molecule has 4 rings (SSSR count). The molecule has 0 radical (unpaired) electrons. The normalized spacial score (nSPS) is 14.1. The fraction of sp³-hybridized carbons (Fsp3) is 0.448. The summed E-state index contributed by atoms with van der Waals surface area (Å²) in [6.45, 7) is 10.7. The molecule has 186 valence electrons. The highest BCUT2D eigenvalue weighted by atomic mass is 16.6. The smallest absolute Gasteiger partial charge is 0.350 e. The lowest BCUT2D eigenvalue weighted by atomic mass is 10.1. The van der Waals surface area contributed by atoms with Gasteiger partial charge in [-0.2, -0.15) is 0 Å². The number of esters is 1. The molecule has 0 saturated heterocycles. The van der Waals surface area contributed by atoms with E-state index in [1.807, 2.05) is 45.0 Å². The number of hydrogen-bond acceptors (Lipinski definition) is 6. The van der Waals surface area contributed by atoms with E-state index < -0.39 is 11.2 Å². The number of carbonyl (C=O) groups is 1. The molecule has 35 heavy (non-hydrogen) atoms. The van der Waals surface area contributed by atoms with Crippen molar-refractivity contribution in [2.24, 2.45) is 0 Å². The van der Waals surface area contributed by atoms with E-state index in [0.29, 0.717) is 11.7 Å². The number of ether oxygens (including phenoxy) is 2. The first-order valence-electron chi connectivity index (χ1n) is 12.4. The molecular weight excluding hydrogens is 440 g/mol. The molecule has 0 unspecified atom stereocenters. The van der Waals surface area contributed by atoms with Crippen LogP contribution in [0.25, 0.3) is 11.3 Å². The molecule has 3 aromatic rings. The Morgan fingerprint density at radius 1 is 1.00 bits per heavy atom. The van der Waals surface area contributed by atoms with Gasteiger partial charge in [0.2, 0.25) is 0 Å². The minimum atomic E-state index is -1.06. The zero-order valence-corrected chi connectivity index (χ0v) is 21.4. The zero-order valence-electron chi connectivity index (χ0n) is 21.4. The van der Waals surface area contributed by atoms with Gasteiger partial charge >= 0.3 is 5.97 Å². The molecule has 1 aliphatic rings. The van der Waals surface area contributed by atoms with Crippen LogP contribution in [0.3, 0.4) is 0 Å². The number of aromatic nitrogens is 1. The van der Waals surface area contributed by atoms with Crippen LogP contribution in [-0.2, 0) is 22.5 Å². The van der Waals surface area contributed by atoms with Gasteiger partial charge in [0, 0.05) is 18.0 Å². The Bertz CT molecular complexity index is 1120. The van der Waals surface area contributed by atoms with Crippen molar-refractivity contribution < 1.29 is 18.7 Å². The van der Waals surface area contributed by atoms with E-state index in [1.54, 1.807) is 20.1 Å². The Labute approximate surface area is 208 Å². The Morgan fingerprint density at radius 2 is 1.66 bits per heavy atom. The van der Waals surface area contributed by atoms with Crippen LogP contribution in [0.2, 0.25) is 0 Å². The highest BCUT2D eigenvalue weighted by Gasteiger charge is 2.34. The largest absolute Gasteiger partial charge is 0.476 e. The van der Waals surface area contributed by atoms with E-state index in [1.165, 1.54) is 24.0 Å². The fourth-order valence-electron chi connectivity index (χ4n) is 3.66. The van der Waals surface area contributed by atoms with Gasteiger partial charge in [0.25, 0.3) is 0 Å². The first kappa shape index (κ1) is 25.0. The standard InChI is InChI=1S/C29H36N2O4/c1-28(2,3)35-27(32)29(4,5)34-24-14-8-20(9-15-24)16-17-30-18-21-6-10-22(11-7-21)25-19-33-26(31-25)23-12-13-23/h6-11,14-15,19,23,30H,12-13,16-18H2,1-5H3. The molecule has 0 spiro atoms. The predicted molar refractivity (Wildman–Crippen MR) is 136 cm³/mol. The molecule has 1 N–H and O–H groups in total. The van der Waals surface area contributed by atoms with Gasteiger partial charge < -0.3 is 19.2 Å². The van der Waals surface area contributed by atoms with Crippen molar-refractivity contribution >= 4 is 5.97 Å². The summed E-state index contributed by atoms with van der Waals surface area (Å²) in [6, 6.07) is 16.3. The van der Waals surface area contributed by atoms with Crippen molar-refractivity contribution in [2.75, 3.05) is 6.54 Å². The third-order valence-electron chi connectivity index (χ3n) is 5.80. The van der Waals surface area contributed by atoms with Gasteiger partial charge in [-0.1, -0.05) is 36.4 Å². The lowest BCUT2D eigenvalue weighted by Crippen LogP contribution is -2.43. The van der Waals surface area contributed by atoms with Crippen molar-refractivity contribution in [1.82, 2.24) is 10.3 Å². The van der Waals surface area contributed by atoms with Gasteiger partial charge in [-0.25, -0.2) is 9.78 Å². The van der Waals surface area contributed by atoms with Crippen molar-refractivity contribution in [3.8, 4) is 17.0 Å². The molecule has 6 nitrogen and oxygen atoms in total. The summed E-state index contributed by atoms with van der Waals surface area (Å²) < 4.78 is 17.0. The van der Waals surface area contributed by atoms with E-state index in [-0.39, 0.29) is 5.97 Å². The molecule has 1 aromatic heterocycles. The topological polar surface area (TPSA) is 73.6 Å². The number of benzene rings is 2. The van der Waals surface area contributed by atoms with Crippen molar-refractivity contribution in [2.45, 2.75) is 77.5 Å². The number of carbonyl (C=O) groups excluding carboxylic acids is 1. The molecule has 0 aliphatic heterocycles. The Balaban J connectivity index is 1.20. The minimum absolute atomic E-state index is 0.379. The van der Waals surface area contributed by atoms with E-state index in [0.717, 1.165) is 36.7 Å². The summed E-state index contributed by atoms with van der Waals surface area (Å²) in [5, 5.41) is 3.50. The van der Waals surface area contributed by atoms with Crippen molar-refractivity contribution in [3.05, 3.63) is 71.8 Å². The second-order valence-corrected chi connectivity index (χ2v) is 10.7. The van der Waals surface area contributed by atoms with Gasteiger partial charge in [0.05, 0.1) is 0 Å². The summed E-state index contributed by atoms with van der Waals surface area (Å²) in [4.78, 5) is 17.0. The third-order valence-corrected chi connectivity index (χ3v) is 5.80. The molecule has 1 fully saturated rings. The molecule has 0 amide bonds. The fourth-order valence-corrected chi connectivity index (χ4v) is 3.66. The summed E-state index contributed by atoms with van der Waals surface area (Å²) in [6.07, 6.45) is 5.04. The summed E-state index contributed by atoms with van der Waals surface area (Å²) >= 11 is 0. The van der Waals surface area contributed by atoms with Gasteiger partial charge in [-0.3, -0.25) is 0 Å². The van der Waals surface area contributed by atoms with Crippen LogP contribution in [0, 0.1) is 0 Å². The molecule has 1 aliphatic carbocycles. The summed E-state index contributed by atoms with van der Waals surface area (Å²) in [7, 11) is 0. The molecule has 6 heteroatoms. The van der Waals surface area contributed by atoms with Crippen LogP contribution in [0.5, 0.6) is 5.75 Å². The summed E-state index contributed by atoms with van der Waals surface area (Å²) in [5.41, 5.74) is 2.82. The molecule has 2 aromatic carbocycles. The van der Waals surface area contributed by atoms with E-state index in [2.05, 4.69) is 34.6 Å². The number of nitrogens with zero attached hydrogens (tertiary/aromatic N) is 1. The van der Waals surface area contributed by atoms with Gasteiger partial charge in [0.15, 0.2) is 11.5 Å². The highest BCUT2D eigenvalue weighted by Crippen LogP contribution is 2.40. The van der Waals surface area contributed by atoms with Crippen LogP contribution in [-0.4, -0.2) is 28.7 Å². The van der Waals surface area contributed by atoms with E-state index >= 15 is 0 Å². The first-order chi connectivity index (χ1) is 16.6. The van der Waals surface area contributed by atoms with Crippen LogP contribution < -0.4 is 10.1 Å². The monoisotopic (exact) mass is 476 g/mol. The zero-order chi connectivity index (χ0) is 25.1. The first-order valence-corrected chi connectivity index (χ1v) is 12.4. The lowest BCUT2D eigenvalue weighted by Gasteiger charge is -2.29. The average molecular weight is 477 g/mol. The van der Waals surface area contributed by atoms with Gasteiger partial charge in [-0.05, 0) is 83.7 Å². The maximum atomic E-state index is 12.4. The van der Waals surface area contributed by atoms with Gasteiger partial charge in [-0.15, -0.1) is 0 Å². The maximum Gasteiger partial charge on any atom is 0.350 e. The van der Waals surface area contributed by atoms with Gasteiger partial charge in [0.1, 0.15) is 23.3 Å². The molecule has 1 saturated carbocycles.